The molecule has 0 aliphatic rings. The molecule has 0 fully saturated rings. The van der Waals surface area contributed by atoms with Crippen LogP contribution in [0.25, 0.3) is 10.9 Å². The topological polar surface area (TPSA) is 74.7 Å². The van der Waals surface area contributed by atoms with E-state index in [0.717, 1.165) is 7.11 Å². The van der Waals surface area contributed by atoms with Crippen molar-refractivity contribution in [1.82, 2.24) is 4.98 Å². The molecule has 0 aliphatic heterocycles. The number of carbonyl (C=O) groups is 2. The SMILES string of the molecule is CCOC(=O)C(Oc1ccc(Cl)c2cccnc12)C(=O)OC. The van der Waals surface area contributed by atoms with Gasteiger partial charge in [-0.25, -0.2) is 9.59 Å². The van der Waals surface area contributed by atoms with Crippen molar-refractivity contribution in [3.63, 3.8) is 0 Å². The quantitative estimate of drug-likeness (QED) is 0.621. The van der Waals surface area contributed by atoms with Gasteiger partial charge in [0.15, 0.2) is 0 Å². The van der Waals surface area contributed by atoms with E-state index in [1.54, 1.807) is 31.3 Å². The molecule has 7 heteroatoms. The van der Waals surface area contributed by atoms with E-state index in [9.17, 15) is 9.59 Å². The number of pyridine rings is 1. The van der Waals surface area contributed by atoms with Gasteiger partial charge in [-0.1, -0.05) is 11.6 Å². The van der Waals surface area contributed by atoms with Crippen LogP contribution in [0.15, 0.2) is 30.5 Å². The van der Waals surface area contributed by atoms with E-state index in [0.29, 0.717) is 15.9 Å². The van der Waals surface area contributed by atoms with Gasteiger partial charge in [0.05, 0.1) is 18.7 Å². The Bertz CT molecular complexity index is 703. The summed E-state index contributed by atoms with van der Waals surface area (Å²) in [5, 5.41) is 1.13. The second-order valence-corrected chi connectivity index (χ2v) is 4.63. The molecule has 0 bridgehead atoms. The molecule has 0 radical (unpaired) electrons. The lowest BCUT2D eigenvalue weighted by Gasteiger charge is -2.16. The number of carbonyl (C=O) groups excluding carboxylic acids is 2. The first-order valence-electron chi connectivity index (χ1n) is 6.52. The summed E-state index contributed by atoms with van der Waals surface area (Å²) in [6.45, 7) is 1.75. The maximum atomic E-state index is 11.9. The zero-order valence-corrected chi connectivity index (χ0v) is 12.8. The van der Waals surface area contributed by atoms with Crippen molar-refractivity contribution < 1.29 is 23.8 Å². The Balaban J connectivity index is 2.40. The third kappa shape index (κ3) is 3.28. The van der Waals surface area contributed by atoms with Crippen molar-refractivity contribution >= 4 is 34.4 Å². The van der Waals surface area contributed by atoms with Crippen LogP contribution in [-0.2, 0) is 19.1 Å². The molecule has 0 saturated carbocycles. The zero-order valence-electron chi connectivity index (χ0n) is 12.0. The van der Waals surface area contributed by atoms with E-state index in [4.69, 9.17) is 21.1 Å². The molecule has 2 rings (SSSR count). The molecule has 1 unspecified atom stereocenters. The van der Waals surface area contributed by atoms with Crippen LogP contribution in [0.1, 0.15) is 6.92 Å². The Kier molecular flexibility index (Phi) is 5.16. The van der Waals surface area contributed by atoms with Gasteiger partial charge in [0.1, 0.15) is 11.3 Å². The maximum Gasteiger partial charge on any atom is 0.359 e. The summed E-state index contributed by atoms with van der Waals surface area (Å²) >= 11 is 6.09. The summed E-state index contributed by atoms with van der Waals surface area (Å²) in [5.74, 6) is -1.44. The molecule has 22 heavy (non-hydrogen) atoms. The normalized spacial score (nSPS) is 11.8. The van der Waals surface area contributed by atoms with Crippen molar-refractivity contribution in [3.05, 3.63) is 35.5 Å². The fraction of sp³-hybridized carbons (Fsp3) is 0.267. The average Bonchev–Trinajstić information content (AvgIpc) is 2.54. The van der Waals surface area contributed by atoms with Crippen molar-refractivity contribution in [3.8, 4) is 5.75 Å². The Morgan fingerprint density at radius 3 is 2.73 bits per heavy atom. The van der Waals surface area contributed by atoms with E-state index in [2.05, 4.69) is 9.72 Å². The molecule has 1 atom stereocenters. The molecular formula is C15H14ClNO5. The highest BCUT2D eigenvalue weighted by atomic mass is 35.5. The molecule has 2 aromatic rings. The highest BCUT2D eigenvalue weighted by Gasteiger charge is 2.32. The number of benzene rings is 1. The number of methoxy groups -OCH3 is 1. The summed E-state index contributed by atoms with van der Waals surface area (Å²) in [6, 6.07) is 6.61. The lowest BCUT2D eigenvalue weighted by molar-refractivity contribution is -0.164. The van der Waals surface area contributed by atoms with Gasteiger partial charge in [-0.05, 0) is 31.2 Å². The van der Waals surface area contributed by atoms with Gasteiger partial charge in [0.2, 0.25) is 0 Å². The minimum Gasteiger partial charge on any atom is -0.466 e. The van der Waals surface area contributed by atoms with Gasteiger partial charge in [-0.2, -0.15) is 0 Å². The lowest BCUT2D eigenvalue weighted by atomic mass is 10.2. The monoisotopic (exact) mass is 323 g/mol. The third-order valence-electron chi connectivity index (χ3n) is 2.84. The van der Waals surface area contributed by atoms with Crippen LogP contribution >= 0.6 is 11.6 Å². The van der Waals surface area contributed by atoms with E-state index in [1.165, 1.54) is 6.07 Å². The van der Waals surface area contributed by atoms with Crippen LogP contribution in [0.5, 0.6) is 5.75 Å². The lowest BCUT2D eigenvalue weighted by Crippen LogP contribution is -2.38. The number of hydrogen-bond donors (Lipinski definition) is 0. The molecule has 0 spiro atoms. The number of halogens is 1. The van der Waals surface area contributed by atoms with Crippen LogP contribution in [0.2, 0.25) is 5.02 Å². The molecule has 0 saturated heterocycles. The van der Waals surface area contributed by atoms with Crippen molar-refractivity contribution in [2.75, 3.05) is 13.7 Å². The number of aromatic nitrogens is 1. The fourth-order valence-corrected chi connectivity index (χ4v) is 2.07. The Morgan fingerprint density at radius 1 is 1.27 bits per heavy atom. The fourth-order valence-electron chi connectivity index (χ4n) is 1.85. The van der Waals surface area contributed by atoms with Gasteiger partial charge in [-0.15, -0.1) is 0 Å². The number of esters is 2. The van der Waals surface area contributed by atoms with Gasteiger partial charge in [-0.3, -0.25) is 4.98 Å². The van der Waals surface area contributed by atoms with Gasteiger partial charge >= 0.3 is 11.9 Å². The van der Waals surface area contributed by atoms with Crippen molar-refractivity contribution in [1.29, 1.82) is 0 Å². The number of hydrogen-bond acceptors (Lipinski definition) is 6. The summed E-state index contributed by atoms with van der Waals surface area (Å²) in [4.78, 5) is 27.8. The second kappa shape index (κ2) is 7.09. The first-order valence-corrected chi connectivity index (χ1v) is 6.90. The smallest absolute Gasteiger partial charge is 0.359 e. The first kappa shape index (κ1) is 16.0. The zero-order chi connectivity index (χ0) is 16.1. The molecule has 0 N–H and O–H groups in total. The summed E-state index contributed by atoms with van der Waals surface area (Å²) in [5.41, 5.74) is 0.438. The molecule has 0 aliphatic carbocycles. The van der Waals surface area contributed by atoms with E-state index in [-0.39, 0.29) is 12.4 Å². The molecule has 1 aromatic heterocycles. The van der Waals surface area contributed by atoms with Gasteiger partial charge in [0, 0.05) is 11.6 Å². The number of fused-ring (bicyclic) bond motifs is 1. The standard InChI is InChI=1S/C15H14ClNO5/c1-3-21-15(19)13(14(18)20-2)22-11-7-6-10(16)9-5-4-8-17-12(9)11/h4-8,13H,3H2,1-2H3. The molecule has 6 nitrogen and oxygen atoms in total. The van der Waals surface area contributed by atoms with Gasteiger partial charge < -0.3 is 14.2 Å². The van der Waals surface area contributed by atoms with Crippen LogP contribution in [-0.4, -0.2) is 36.7 Å². The third-order valence-corrected chi connectivity index (χ3v) is 3.17. The van der Waals surface area contributed by atoms with Crippen LogP contribution in [0, 0.1) is 0 Å². The largest absolute Gasteiger partial charge is 0.466 e. The minimum atomic E-state index is -1.52. The molecule has 1 aromatic carbocycles. The minimum absolute atomic E-state index is 0.120. The van der Waals surface area contributed by atoms with E-state index >= 15 is 0 Å². The van der Waals surface area contributed by atoms with Gasteiger partial charge in [0.25, 0.3) is 6.10 Å². The number of ether oxygens (including phenoxy) is 3. The van der Waals surface area contributed by atoms with Crippen LogP contribution in [0.3, 0.4) is 0 Å². The molecular weight excluding hydrogens is 310 g/mol. The van der Waals surface area contributed by atoms with E-state index < -0.39 is 18.0 Å². The Hall–Kier alpha value is -2.34. The summed E-state index contributed by atoms with van der Waals surface area (Å²) in [6.07, 6.45) is 0.0413. The maximum absolute atomic E-state index is 11.9. The number of nitrogens with zero attached hydrogens (tertiary/aromatic N) is 1. The van der Waals surface area contributed by atoms with Crippen molar-refractivity contribution in [2.24, 2.45) is 0 Å². The highest BCUT2D eigenvalue weighted by Crippen LogP contribution is 2.30. The number of rotatable bonds is 5. The Labute approximate surface area is 131 Å². The summed E-state index contributed by atoms with van der Waals surface area (Å²) in [7, 11) is 1.16. The molecule has 0 amide bonds. The Morgan fingerprint density at radius 2 is 2.05 bits per heavy atom. The summed E-state index contributed by atoms with van der Waals surface area (Å²) < 4.78 is 14.9. The highest BCUT2D eigenvalue weighted by molar-refractivity contribution is 6.35. The second-order valence-electron chi connectivity index (χ2n) is 4.22. The van der Waals surface area contributed by atoms with E-state index in [1.807, 2.05) is 0 Å². The predicted octanol–water partition coefficient (Wildman–Crippen LogP) is 2.37. The predicted molar refractivity (Wildman–Crippen MR) is 79.8 cm³/mol. The molecule has 116 valence electrons. The average molecular weight is 324 g/mol. The van der Waals surface area contributed by atoms with Crippen molar-refractivity contribution in [2.45, 2.75) is 13.0 Å². The first-order chi connectivity index (χ1) is 10.6. The van der Waals surface area contributed by atoms with Crippen LogP contribution in [0.4, 0.5) is 0 Å². The van der Waals surface area contributed by atoms with Crippen LogP contribution < -0.4 is 4.74 Å². The molecule has 1 heterocycles.